The lowest BCUT2D eigenvalue weighted by molar-refractivity contribution is 0.0366. The number of aryl methyl sites for hydroxylation is 2. The maximum atomic E-state index is 13.6. The maximum Gasteiger partial charge on any atom is 0.340 e. The third kappa shape index (κ3) is 3.55. The molecular formula is C25H27N3O5S. The normalized spacial score (nSPS) is 19.6. The number of esters is 1. The zero-order valence-corrected chi connectivity index (χ0v) is 20.0. The summed E-state index contributed by atoms with van der Waals surface area (Å²) in [5, 5.41) is 0.597. The number of hydrogen-bond acceptors (Lipinski definition) is 6. The third-order valence-corrected chi connectivity index (χ3v) is 9.11. The van der Waals surface area contributed by atoms with Crippen molar-refractivity contribution in [2.24, 2.45) is 5.73 Å². The Morgan fingerprint density at radius 2 is 1.91 bits per heavy atom. The van der Waals surface area contributed by atoms with Crippen molar-refractivity contribution >= 4 is 26.8 Å². The minimum Gasteiger partial charge on any atom is -0.440 e. The predicted octanol–water partition coefficient (Wildman–Crippen LogP) is 2.69. The lowest BCUT2D eigenvalue weighted by Gasteiger charge is -2.26. The molecule has 5 rings (SSSR count). The second-order valence-corrected chi connectivity index (χ2v) is 11.1. The molecule has 1 atom stereocenters. The molecule has 1 saturated heterocycles. The summed E-state index contributed by atoms with van der Waals surface area (Å²) < 4.78 is 35.3. The van der Waals surface area contributed by atoms with E-state index >= 15 is 0 Å². The SMILES string of the molecule is Cc1ccc(C(=O)OCn2ccc3c(S(=O)(=O)N4CC[C@@H](N)C45CC5)cccc3c2=O)c(C)c1. The summed E-state index contributed by atoms with van der Waals surface area (Å²) >= 11 is 0. The molecule has 1 spiro atoms. The van der Waals surface area contributed by atoms with Crippen molar-refractivity contribution in [2.75, 3.05) is 6.54 Å². The highest BCUT2D eigenvalue weighted by Crippen LogP contribution is 2.51. The number of nitrogens with zero attached hydrogens (tertiary/aromatic N) is 2. The Morgan fingerprint density at radius 3 is 2.62 bits per heavy atom. The molecule has 34 heavy (non-hydrogen) atoms. The Labute approximate surface area is 198 Å². The molecule has 0 radical (unpaired) electrons. The van der Waals surface area contributed by atoms with E-state index in [9.17, 15) is 18.0 Å². The molecule has 2 heterocycles. The maximum absolute atomic E-state index is 13.6. The van der Waals surface area contributed by atoms with Crippen molar-refractivity contribution in [1.82, 2.24) is 8.87 Å². The first-order chi connectivity index (χ1) is 16.1. The van der Waals surface area contributed by atoms with Crippen LogP contribution in [0.2, 0.25) is 0 Å². The van der Waals surface area contributed by atoms with Gasteiger partial charge < -0.3 is 10.5 Å². The van der Waals surface area contributed by atoms with E-state index in [0.29, 0.717) is 23.9 Å². The van der Waals surface area contributed by atoms with E-state index in [0.717, 1.165) is 24.0 Å². The lowest BCUT2D eigenvalue weighted by atomic mass is 10.1. The van der Waals surface area contributed by atoms with E-state index in [-0.39, 0.29) is 23.1 Å². The van der Waals surface area contributed by atoms with Crippen molar-refractivity contribution in [1.29, 1.82) is 0 Å². The van der Waals surface area contributed by atoms with E-state index in [1.807, 2.05) is 26.0 Å². The Bertz CT molecular complexity index is 1470. The molecule has 2 fully saturated rings. The van der Waals surface area contributed by atoms with Gasteiger partial charge in [0, 0.05) is 29.6 Å². The summed E-state index contributed by atoms with van der Waals surface area (Å²) in [6.45, 7) is 3.87. The van der Waals surface area contributed by atoms with Crippen LogP contribution in [0.5, 0.6) is 0 Å². The number of aromatic nitrogens is 1. The minimum atomic E-state index is -3.82. The molecular weight excluding hydrogens is 454 g/mol. The van der Waals surface area contributed by atoms with Crippen LogP contribution in [0.1, 0.15) is 40.7 Å². The van der Waals surface area contributed by atoms with Gasteiger partial charge in [-0.1, -0.05) is 23.8 Å². The van der Waals surface area contributed by atoms with Gasteiger partial charge in [0.2, 0.25) is 10.0 Å². The van der Waals surface area contributed by atoms with E-state index < -0.39 is 27.1 Å². The number of carbonyl (C=O) groups excluding carboxylic acids is 1. The summed E-state index contributed by atoms with van der Waals surface area (Å²) in [6.07, 6.45) is 3.61. The van der Waals surface area contributed by atoms with Crippen LogP contribution in [0.3, 0.4) is 0 Å². The van der Waals surface area contributed by atoms with Crippen LogP contribution in [0, 0.1) is 13.8 Å². The second-order valence-electron chi connectivity index (χ2n) is 9.26. The van der Waals surface area contributed by atoms with E-state index in [2.05, 4.69) is 0 Å². The number of ether oxygens (including phenoxy) is 1. The van der Waals surface area contributed by atoms with Gasteiger partial charge in [0.25, 0.3) is 5.56 Å². The van der Waals surface area contributed by atoms with Gasteiger partial charge in [-0.25, -0.2) is 13.2 Å². The largest absolute Gasteiger partial charge is 0.440 e. The van der Waals surface area contributed by atoms with Crippen LogP contribution in [0.4, 0.5) is 0 Å². The summed E-state index contributed by atoms with van der Waals surface area (Å²) in [6, 6.07) is 11.5. The van der Waals surface area contributed by atoms with Crippen LogP contribution in [0.25, 0.3) is 10.8 Å². The molecule has 2 N–H and O–H groups in total. The number of benzene rings is 2. The van der Waals surface area contributed by atoms with Crippen molar-refractivity contribution in [3.05, 3.63) is 75.7 Å². The van der Waals surface area contributed by atoms with Crippen molar-refractivity contribution in [3.63, 3.8) is 0 Å². The lowest BCUT2D eigenvalue weighted by Crippen LogP contribution is -2.44. The predicted molar refractivity (Wildman–Crippen MR) is 128 cm³/mol. The molecule has 0 unspecified atom stereocenters. The molecule has 1 saturated carbocycles. The summed E-state index contributed by atoms with van der Waals surface area (Å²) in [4.78, 5) is 25.7. The van der Waals surface area contributed by atoms with Gasteiger partial charge in [-0.3, -0.25) is 9.36 Å². The van der Waals surface area contributed by atoms with Gasteiger partial charge >= 0.3 is 5.97 Å². The second kappa shape index (κ2) is 8.04. The molecule has 8 nitrogen and oxygen atoms in total. The van der Waals surface area contributed by atoms with Gasteiger partial charge in [0.05, 0.1) is 16.0 Å². The molecule has 1 aliphatic heterocycles. The monoisotopic (exact) mass is 481 g/mol. The molecule has 9 heteroatoms. The zero-order valence-electron chi connectivity index (χ0n) is 19.2. The van der Waals surface area contributed by atoms with Crippen molar-refractivity contribution in [3.8, 4) is 0 Å². The number of nitrogens with two attached hydrogens (primary N) is 1. The van der Waals surface area contributed by atoms with Gasteiger partial charge in [-0.2, -0.15) is 4.31 Å². The number of sulfonamides is 1. The highest BCUT2D eigenvalue weighted by Gasteiger charge is 2.60. The first-order valence-corrected chi connectivity index (χ1v) is 12.7. The Hall–Kier alpha value is -3.01. The standard InChI is InChI=1S/C25H27N3O5S/c1-16-6-7-18(17(2)14-16)24(30)33-15-27-12-8-19-20(23(27)29)4-3-5-21(19)34(31,32)28-13-9-22(26)25(28)10-11-25/h3-8,12,14,22H,9-11,13,15,26H2,1-2H3/t22-/m1/s1. The highest BCUT2D eigenvalue weighted by atomic mass is 32.2. The van der Waals surface area contributed by atoms with Crippen molar-refractivity contribution in [2.45, 2.75) is 56.3 Å². The minimum absolute atomic E-state index is 0.0990. The number of hydrogen-bond donors (Lipinski definition) is 1. The van der Waals surface area contributed by atoms with Crippen LogP contribution < -0.4 is 11.3 Å². The van der Waals surface area contributed by atoms with Gasteiger partial charge in [-0.05, 0) is 62.9 Å². The Kier molecular flexibility index (Phi) is 5.38. The van der Waals surface area contributed by atoms with Crippen molar-refractivity contribution < 1.29 is 17.9 Å². The quantitative estimate of drug-likeness (QED) is 0.561. The molecule has 0 amide bonds. The van der Waals surface area contributed by atoms with Gasteiger partial charge in [0.1, 0.15) is 0 Å². The summed E-state index contributed by atoms with van der Waals surface area (Å²) in [5.74, 6) is -0.527. The first kappa shape index (κ1) is 22.8. The van der Waals surface area contributed by atoms with Gasteiger partial charge in [-0.15, -0.1) is 0 Å². The van der Waals surface area contributed by atoms with E-state index in [1.54, 1.807) is 24.3 Å². The molecule has 178 valence electrons. The number of fused-ring (bicyclic) bond motifs is 1. The third-order valence-electron chi connectivity index (χ3n) is 7.08. The van der Waals surface area contributed by atoms with E-state index in [1.165, 1.54) is 21.1 Å². The van der Waals surface area contributed by atoms with Crippen LogP contribution in [0.15, 0.2) is 58.4 Å². The van der Waals surface area contributed by atoms with Crippen LogP contribution >= 0.6 is 0 Å². The molecule has 1 aliphatic carbocycles. The fourth-order valence-electron chi connectivity index (χ4n) is 5.02. The highest BCUT2D eigenvalue weighted by molar-refractivity contribution is 7.89. The summed E-state index contributed by atoms with van der Waals surface area (Å²) in [5.41, 5.74) is 7.56. The number of pyridine rings is 1. The summed E-state index contributed by atoms with van der Waals surface area (Å²) in [7, 11) is -3.82. The number of rotatable bonds is 5. The fraction of sp³-hybridized carbons (Fsp3) is 0.360. The average Bonchev–Trinajstić information content (AvgIpc) is 3.52. The first-order valence-electron chi connectivity index (χ1n) is 11.3. The van der Waals surface area contributed by atoms with E-state index in [4.69, 9.17) is 10.5 Å². The van der Waals surface area contributed by atoms with Crippen LogP contribution in [-0.2, 0) is 21.5 Å². The molecule has 3 aromatic rings. The topological polar surface area (TPSA) is 112 Å². The average molecular weight is 482 g/mol. The fourth-order valence-corrected chi connectivity index (χ4v) is 7.11. The number of carbonyl (C=O) groups is 1. The van der Waals surface area contributed by atoms with Crippen LogP contribution in [-0.4, -0.2) is 41.4 Å². The smallest absolute Gasteiger partial charge is 0.340 e. The zero-order chi connectivity index (χ0) is 24.3. The molecule has 1 aromatic heterocycles. The molecule has 0 bridgehead atoms. The Morgan fingerprint density at radius 1 is 1.15 bits per heavy atom. The van der Waals surface area contributed by atoms with Gasteiger partial charge in [0.15, 0.2) is 6.73 Å². The Balaban J connectivity index is 1.45. The molecule has 2 aliphatic rings. The molecule has 2 aromatic carbocycles.